The van der Waals surface area contributed by atoms with E-state index in [1.54, 1.807) is 115 Å². The van der Waals surface area contributed by atoms with Crippen LogP contribution in [0.15, 0.2) is 217 Å². The zero-order valence-electron chi connectivity index (χ0n) is 44.7. The second-order valence-electron chi connectivity index (χ2n) is 19.2. The van der Waals surface area contributed by atoms with Crippen LogP contribution in [0.1, 0.15) is 67.5 Å². The molecule has 2 saturated heterocycles. The van der Waals surface area contributed by atoms with Gasteiger partial charge in [-0.25, -0.2) is 19.2 Å². The van der Waals surface area contributed by atoms with Crippen LogP contribution in [-0.2, 0) is 81.6 Å². The van der Waals surface area contributed by atoms with Crippen molar-refractivity contribution in [2.75, 3.05) is 6.61 Å². The molecule has 0 amide bonds. The van der Waals surface area contributed by atoms with Crippen molar-refractivity contribution in [3.05, 3.63) is 246 Å². The highest BCUT2D eigenvalue weighted by Crippen LogP contribution is 2.41. The molecule has 16 nitrogen and oxygen atoms in total. The summed E-state index contributed by atoms with van der Waals surface area (Å²) >= 11 is 1.13. The molecule has 7 aromatic rings. The van der Waals surface area contributed by atoms with Crippen LogP contribution in [0, 0.1) is 0 Å². The summed E-state index contributed by atoms with van der Waals surface area (Å²) in [4.78, 5) is 84.8. The largest absolute Gasteiger partial charge is 0.459 e. The molecule has 2 fully saturated rings. The van der Waals surface area contributed by atoms with Crippen LogP contribution in [0.25, 0.3) is 0 Å². The van der Waals surface area contributed by atoms with Crippen LogP contribution in [0.3, 0.4) is 0 Å². The SMILES string of the molecule is CC(=O)CCC(=O)O[C@H]1[C@H](OCc2ccccc2)[C@@H](OC(=O)c2ccccc2)[C@H](O[C@@H]2[C@@H](OC(=O)c3ccccc3)[C@H](Sc3ccccc3)O[C@H](C(=O)OCc3ccccc3)[C@H]2OCc2ccccc2)O[C@@H]1COC(=O)c1ccccc1. The van der Waals surface area contributed by atoms with Crippen LogP contribution in [0.4, 0.5) is 0 Å². The number of carbonyl (C=O) groups excluding carboxylic acids is 6. The number of benzene rings is 7. The van der Waals surface area contributed by atoms with Crippen molar-refractivity contribution in [1.82, 2.24) is 0 Å². The van der Waals surface area contributed by atoms with E-state index in [1.165, 1.54) is 19.1 Å². The van der Waals surface area contributed by atoms with E-state index in [1.807, 2.05) is 84.9 Å². The highest BCUT2D eigenvalue weighted by atomic mass is 32.2. The fourth-order valence-electron chi connectivity index (χ4n) is 9.11. The summed E-state index contributed by atoms with van der Waals surface area (Å²) in [5.41, 5.74) is 1.25. The van der Waals surface area contributed by atoms with Crippen molar-refractivity contribution in [1.29, 1.82) is 0 Å². The van der Waals surface area contributed by atoms with Crippen molar-refractivity contribution < 1.29 is 76.1 Å². The molecule has 2 heterocycles. The second-order valence-corrected chi connectivity index (χ2v) is 20.4. The Kier molecular flexibility index (Phi) is 20.9. The number of Topliss-reactive ketones (excluding diaryl/α,β-unsaturated/α-hetero) is 1. The average Bonchev–Trinajstić information content (AvgIpc) is 3.59. The average molecular weight is 1130 g/mol. The van der Waals surface area contributed by atoms with Gasteiger partial charge in [-0.3, -0.25) is 4.79 Å². The Morgan fingerprint density at radius 1 is 0.427 bits per heavy atom. The molecule has 0 spiro atoms. The van der Waals surface area contributed by atoms with E-state index in [2.05, 4.69) is 0 Å². The minimum atomic E-state index is -1.83. The maximum atomic E-state index is 14.9. The van der Waals surface area contributed by atoms with Gasteiger partial charge in [-0.2, -0.15) is 0 Å². The van der Waals surface area contributed by atoms with Crippen molar-refractivity contribution >= 4 is 47.4 Å². The quantitative estimate of drug-likeness (QED) is 0.0409. The van der Waals surface area contributed by atoms with E-state index in [-0.39, 0.29) is 55.1 Å². The fraction of sp³-hybridized carbons (Fsp3) is 0.262. The summed E-state index contributed by atoms with van der Waals surface area (Å²) in [6.45, 7) is 0.294. The molecule has 0 aliphatic carbocycles. The molecule has 2 aliphatic rings. The Labute approximate surface area is 478 Å². The lowest BCUT2D eigenvalue weighted by atomic mass is 9.96. The number of ketones is 1. The minimum Gasteiger partial charge on any atom is -0.459 e. The molecule has 0 aromatic heterocycles. The maximum Gasteiger partial charge on any atom is 0.338 e. The van der Waals surface area contributed by atoms with Gasteiger partial charge in [0, 0.05) is 11.3 Å². The van der Waals surface area contributed by atoms with E-state index in [0.29, 0.717) is 21.6 Å². The first kappa shape index (κ1) is 58.4. The molecule has 7 aromatic carbocycles. The van der Waals surface area contributed by atoms with Crippen LogP contribution in [0.5, 0.6) is 0 Å². The predicted octanol–water partition coefficient (Wildman–Crippen LogP) is 10.1. The first-order valence-electron chi connectivity index (χ1n) is 26.7. The van der Waals surface area contributed by atoms with Crippen molar-refractivity contribution in [2.45, 2.75) is 105 Å². The lowest BCUT2D eigenvalue weighted by Gasteiger charge is -2.49. The van der Waals surface area contributed by atoms with Crippen LogP contribution >= 0.6 is 11.8 Å². The Morgan fingerprint density at radius 3 is 1.39 bits per heavy atom. The van der Waals surface area contributed by atoms with E-state index < -0.39 is 97.0 Å². The summed E-state index contributed by atoms with van der Waals surface area (Å²) in [6, 6.07) is 60.8. The molecule has 422 valence electrons. The van der Waals surface area contributed by atoms with E-state index in [9.17, 15) is 28.8 Å². The fourth-order valence-corrected chi connectivity index (χ4v) is 10.2. The molecule has 0 N–H and O–H groups in total. The third-order valence-electron chi connectivity index (χ3n) is 13.2. The van der Waals surface area contributed by atoms with Gasteiger partial charge in [0.15, 0.2) is 30.7 Å². The zero-order valence-corrected chi connectivity index (χ0v) is 45.5. The van der Waals surface area contributed by atoms with Gasteiger partial charge in [0.2, 0.25) is 0 Å². The molecule has 82 heavy (non-hydrogen) atoms. The van der Waals surface area contributed by atoms with Crippen LogP contribution < -0.4 is 0 Å². The number of rotatable bonds is 24. The summed E-state index contributed by atoms with van der Waals surface area (Å²) in [6.07, 6.45) is -14.8. The van der Waals surface area contributed by atoms with E-state index in [0.717, 1.165) is 11.8 Å². The molecule has 9 rings (SSSR count). The first-order valence-corrected chi connectivity index (χ1v) is 27.6. The molecule has 0 bridgehead atoms. The van der Waals surface area contributed by atoms with Crippen LogP contribution in [-0.4, -0.2) is 103 Å². The molecule has 10 atom stereocenters. The highest BCUT2D eigenvalue weighted by molar-refractivity contribution is 7.99. The Bertz CT molecular complexity index is 3160. The van der Waals surface area contributed by atoms with Gasteiger partial charge in [-0.15, -0.1) is 0 Å². The Balaban J connectivity index is 1.20. The van der Waals surface area contributed by atoms with Gasteiger partial charge in [0.05, 0.1) is 36.3 Å². The number of esters is 5. The lowest BCUT2D eigenvalue weighted by molar-refractivity contribution is -0.342. The Hall–Kier alpha value is -8.29. The topological polar surface area (TPSA) is 195 Å². The smallest absolute Gasteiger partial charge is 0.338 e. The number of thioether (sulfide) groups is 1. The number of ether oxygens (including phenoxy) is 10. The third-order valence-corrected chi connectivity index (χ3v) is 14.4. The number of hydrogen-bond donors (Lipinski definition) is 0. The normalized spacial score (nSPS) is 22.2. The van der Waals surface area contributed by atoms with Gasteiger partial charge in [-0.1, -0.05) is 176 Å². The third kappa shape index (κ3) is 16.2. The second kappa shape index (κ2) is 29.4. The molecule has 0 radical (unpaired) electrons. The molecular weight excluding hydrogens is 1070 g/mol. The summed E-state index contributed by atoms with van der Waals surface area (Å²) in [5, 5.41) is 0. The van der Waals surface area contributed by atoms with Crippen LogP contribution in [0.2, 0.25) is 0 Å². The minimum absolute atomic E-state index is 0.113. The Morgan fingerprint density at radius 2 is 0.878 bits per heavy atom. The van der Waals surface area contributed by atoms with Gasteiger partial charge in [0.25, 0.3) is 0 Å². The highest BCUT2D eigenvalue weighted by Gasteiger charge is 2.58. The summed E-state index contributed by atoms with van der Waals surface area (Å²) in [5.74, 6) is -4.40. The molecular formula is C65H60O16S. The lowest BCUT2D eigenvalue weighted by Crippen LogP contribution is -2.67. The van der Waals surface area contributed by atoms with Crippen molar-refractivity contribution in [2.24, 2.45) is 0 Å². The number of hydrogen-bond acceptors (Lipinski definition) is 17. The van der Waals surface area contributed by atoms with Crippen molar-refractivity contribution in [3.63, 3.8) is 0 Å². The van der Waals surface area contributed by atoms with Gasteiger partial charge in [-0.05, 0) is 72.1 Å². The number of carbonyl (C=O) groups is 6. The standard InChI is InChI=1S/C65H60O16S/c1-43(66)37-38-52(67)77-53-51(42-75-60(68)47-29-15-5-16-30-47)76-64(58(78-61(69)48-31-17-6-18-32-48)54(53)72-39-44-23-9-2-10-24-44)80-56-55(73-40-45-25-11-3-12-26-45)57(63(71)74-41-46-27-13-4-14-28-46)81-65(82-50-35-21-8-22-36-50)59(56)79-62(70)49-33-19-7-20-34-49/h2-36,51,53-59,64-65H,37-42H2,1H3/t51-,53-,54+,55+,56+,57+,58-,59-,64+,65+/m1/s1. The van der Waals surface area contributed by atoms with Gasteiger partial charge >= 0.3 is 29.8 Å². The summed E-state index contributed by atoms with van der Waals surface area (Å²) < 4.78 is 65.7. The molecule has 17 heteroatoms. The predicted molar refractivity (Wildman–Crippen MR) is 299 cm³/mol. The summed E-state index contributed by atoms with van der Waals surface area (Å²) in [7, 11) is 0. The van der Waals surface area contributed by atoms with E-state index >= 15 is 0 Å². The van der Waals surface area contributed by atoms with Crippen molar-refractivity contribution in [3.8, 4) is 0 Å². The first-order chi connectivity index (χ1) is 40.1. The van der Waals surface area contributed by atoms with E-state index in [4.69, 9.17) is 47.4 Å². The zero-order chi connectivity index (χ0) is 57.0. The monoisotopic (exact) mass is 1130 g/mol. The van der Waals surface area contributed by atoms with Gasteiger partial charge in [0.1, 0.15) is 48.8 Å². The maximum absolute atomic E-state index is 14.9. The van der Waals surface area contributed by atoms with Gasteiger partial charge < -0.3 is 52.2 Å². The molecule has 0 saturated carbocycles. The molecule has 0 unspecified atom stereocenters. The molecule has 2 aliphatic heterocycles.